The lowest BCUT2D eigenvalue weighted by atomic mass is 10.1. The number of benzene rings is 2. The zero-order chi connectivity index (χ0) is 20.8. The fraction of sp³-hybridized carbons (Fsp3) is 0.100. The third kappa shape index (κ3) is 3.01. The van der Waals surface area contributed by atoms with E-state index >= 15 is 0 Å². The Hall–Kier alpha value is -3.66. The van der Waals surface area contributed by atoms with E-state index in [2.05, 4.69) is 15.1 Å². The molecule has 2 aromatic heterocycles. The molecule has 30 heavy (non-hydrogen) atoms. The van der Waals surface area contributed by atoms with Crippen molar-refractivity contribution in [2.24, 2.45) is 0 Å². The number of carbonyl (C=O) groups is 1. The molecule has 10 heteroatoms. The Bertz CT molecular complexity index is 1300. The summed E-state index contributed by atoms with van der Waals surface area (Å²) in [5, 5.41) is 13.9. The standard InChI is InChI=1S/C20H12F2N4O3S/c21-11-2-4-12(14(22)8-11)18-23-9-24-26(18)20-25-17-13-3-1-10(19(27)28)7-15(13)29-6-5-16(17)30-20/h1-4,7-9H,5-6H2,(H,27,28). The number of rotatable bonds is 3. The number of carboxylic acids is 1. The van der Waals surface area contributed by atoms with Crippen molar-refractivity contribution in [1.82, 2.24) is 19.7 Å². The topological polar surface area (TPSA) is 90.1 Å². The zero-order valence-corrected chi connectivity index (χ0v) is 16.0. The number of nitrogens with zero attached hydrogens (tertiary/aromatic N) is 4. The SMILES string of the molecule is O=C(O)c1ccc2c(c1)OCCc1sc(-n3ncnc3-c3ccc(F)cc3F)nc1-2. The Morgan fingerprint density at radius 1 is 1.17 bits per heavy atom. The van der Waals surface area contributed by atoms with E-state index in [9.17, 15) is 18.7 Å². The molecule has 0 amide bonds. The Morgan fingerprint density at radius 3 is 2.80 bits per heavy atom. The molecular formula is C20H12F2N4O3S. The summed E-state index contributed by atoms with van der Waals surface area (Å²) >= 11 is 1.35. The lowest BCUT2D eigenvalue weighted by molar-refractivity contribution is 0.0696. The molecule has 0 spiro atoms. The molecule has 0 fully saturated rings. The van der Waals surface area contributed by atoms with Crippen molar-refractivity contribution in [2.75, 3.05) is 6.61 Å². The lowest BCUT2D eigenvalue weighted by Crippen LogP contribution is -2.02. The van der Waals surface area contributed by atoms with Gasteiger partial charge < -0.3 is 9.84 Å². The number of carboxylic acid groups (broad SMARTS) is 1. The number of aromatic carboxylic acids is 1. The van der Waals surface area contributed by atoms with E-state index in [4.69, 9.17) is 4.74 Å². The van der Waals surface area contributed by atoms with Crippen LogP contribution in [-0.4, -0.2) is 37.4 Å². The number of ether oxygens (including phenoxy) is 1. The highest BCUT2D eigenvalue weighted by Gasteiger charge is 2.24. The average Bonchev–Trinajstić information content (AvgIpc) is 3.32. The zero-order valence-electron chi connectivity index (χ0n) is 15.2. The summed E-state index contributed by atoms with van der Waals surface area (Å²) in [6.07, 6.45) is 1.85. The molecule has 4 aromatic rings. The first-order valence-electron chi connectivity index (χ1n) is 8.87. The molecule has 0 saturated carbocycles. The Labute approximate surface area is 172 Å². The maximum Gasteiger partial charge on any atom is 0.335 e. The van der Waals surface area contributed by atoms with Gasteiger partial charge in [-0.3, -0.25) is 0 Å². The molecule has 0 unspecified atom stereocenters. The van der Waals surface area contributed by atoms with Crippen molar-refractivity contribution in [3.8, 4) is 33.5 Å². The second-order valence-corrected chi connectivity index (χ2v) is 7.56. The smallest absolute Gasteiger partial charge is 0.335 e. The predicted molar refractivity (Wildman–Crippen MR) is 104 cm³/mol. The number of fused-ring (bicyclic) bond motifs is 3. The van der Waals surface area contributed by atoms with Crippen molar-refractivity contribution in [2.45, 2.75) is 6.42 Å². The summed E-state index contributed by atoms with van der Waals surface area (Å²) in [5.74, 6) is -1.83. The van der Waals surface area contributed by atoms with Gasteiger partial charge in [-0.1, -0.05) is 11.3 Å². The minimum Gasteiger partial charge on any atom is -0.492 e. The summed E-state index contributed by atoms with van der Waals surface area (Å²) in [5.41, 5.74) is 1.55. The Morgan fingerprint density at radius 2 is 2.00 bits per heavy atom. The largest absolute Gasteiger partial charge is 0.492 e. The van der Waals surface area contributed by atoms with Crippen LogP contribution in [0.25, 0.3) is 27.8 Å². The van der Waals surface area contributed by atoms with Gasteiger partial charge in [0.25, 0.3) is 0 Å². The predicted octanol–water partition coefficient (Wildman–Crippen LogP) is 3.97. The molecule has 0 bridgehead atoms. The lowest BCUT2D eigenvalue weighted by Gasteiger charge is -2.08. The highest BCUT2D eigenvalue weighted by Crippen LogP contribution is 2.39. The Balaban J connectivity index is 1.62. The van der Waals surface area contributed by atoms with Crippen LogP contribution in [0.4, 0.5) is 8.78 Å². The van der Waals surface area contributed by atoms with Gasteiger partial charge >= 0.3 is 5.97 Å². The molecule has 5 rings (SSSR count). The fourth-order valence-electron chi connectivity index (χ4n) is 3.27. The van der Waals surface area contributed by atoms with Crippen molar-refractivity contribution < 1.29 is 23.4 Å². The molecule has 1 aliphatic rings. The van der Waals surface area contributed by atoms with E-state index in [1.54, 1.807) is 6.07 Å². The van der Waals surface area contributed by atoms with Crippen molar-refractivity contribution in [3.05, 3.63) is 64.8 Å². The number of aromatic nitrogens is 4. The van der Waals surface area contributed by atoms with Gasteiger partial charge in [-0.05, 0) is 30.3 Å². The van der Waals surface area contributed by atoms with E-state index in [0.29, 0.717) is 35.2 Å². The summed E-state index contributed by atoms with van der Waals surface area (Å²) in [7, 11) is 0. The monoisotopic (exact) mass is 426 g/mol. The normalized spacial score (nSPS) is 12.6. The number of halogens is 2. The molecular weight excluding hydrogens is 414 g/mol. The molecule has 0 aliphatic carbocycles. The minimum absolute atomic E-state index is 0.106. The van der Waals surface area contributed by atoms with E-state index in [-0.39, 0.29) is 17.0 Å². The van der Waals surface area contributed by atoms with Crippen molar-refractivity contribution in [1.29, 1.82) is 0 Å². The maximum atomic E-state index is 14.3. The van der Waals surface area contributed by atoms with Crippen LogP contribution in [0.15, 0.2) is 42.7 Å². The second kappa shape index (κ2) is 6.99. The third-order valence-corrected chi connectivity index (χ3v) is 5.75. The van der Waals surface area contributed by atoms with E-state index in [0.717, 1.165) is 17.0 Å². The molecule has 3 heterocycles. The van der Waals surface area contributed by atoms with Gasteiger partial charge in [-0.25, -0.2) is 23.5 Å². The maximum absolute atomic E-state index is 14.3. The van der Waals surface area contributed by atoms with Crippen LogP contribution in [0.5, 0.6) is 5.75 Å². The number of hydrogen-bond acceptors (Lipinski definition) is 6. The first kappa shape index (κ1) is 18.4. The van der Waals surface area contributed by atoms with Gasteiger partial charge in [0.1, 0.15) is 23.7 Å². The number of hydrogen-bond donors (Lipinski definition) is 1. The van der Waals surface area contributed by atoms with Crippen LogP contribution in [-0.2, 0) is 6.42 Å². The van der Waals surface area contributed by atoms with Gasteiger partial charge in [-0.2, -0.15) is 9.78 Å². The van der Waals surface area contributed by atoms with E-state index in [1.807, 2.05) is 0 Å². The molecule has 0 atom stereocenters. The second-order valence-electron chi connectivity index (χ2n) is 6.50. The van der Waals surface area contributed by atoms with Crippen LogP contribution in [0.1, 0.15) is 15.2 Å². The van der Waals surface area contributed by atoms with Gasteiger partial charge in [0, 0.05) is 22.9 Å². The summed E-state index contributed by atoms with van der Waals surface area (Å²) in [6.45, 7) is 0.363. The fourth-order valence-corrected chi connectivity index (χ4v) is 4.28. The number of thiazole rings is 1. The molecule has 1 N–H and O–H groups in total. The minimum atomic E-state index is -1.04. The molecule has 1 aliphatic heterocycles. The van der Waals surface area contributed by atoms with Gasteiger partial charge in [0.2, 0.25) is 5.13 Å². The summed E-state index contributed by atoms with van der Waals surface area (Å²) < 4.78 is 34.7. The first-order valence-corrected chi connectivity index (χ1v) is 9.69. The van der Waals surface area contributed by atoms with Gasteiger partial charge in [-0.15, -0.1) is 0 Å². The van der Waals surface area contributed by atoms with Crippen molar-refractivity contribution in [3.63, 3.8) is 0 Å². The average molecular weight is 426 g/mol. The molecule has 7 nitrogen and oxygen atoms in total. The molecule has 150 valence electrons. The Kier molecular flexibility index (Phi) is 4.28. The molecule has 0 radical (unpaired) electrons. The van der Waals surface area contributed by atoms with Crippen LogP contribution >= 0.6 is 11.3 Å². The highest BCUT2D eigenvalue weighted by molar-refractivity contribution is 7.14. The quantitative estimate of drug-likeness (QED) is 0.533. The van der Waals surface area contributed by atoms with E-state index < -0.39 is 17.6 Å². The molecule has 2 aromatic carbocycles. The molecule has 0 saturated heterocycles. The van der Waals surface area contributed by atoms with Crippen LogP contribution in [0.3, 0.4) is 0 Å². The van der Waals surface area contributed by atoms with Gasteiger partial charge in [0.15, 0.2) is 5.82 Å². The van der Waals surface area contributed by atoms with Crippen LogP contribution in [0.2, 0.25) is 0 Å². The van der Waals surface area contributed by atoms with Crippen molar-refractivity contribution >= 4 is 17.3 Å². The van der Waals surface area contributed by atoms with Crippen LogP contribution in [0, 0.1) is 11.6 Å². The highest BCUT2D eigenvalue weighted by atomic mass is 32.1. The van der Waals surface area contributed by atoms with Crippen LogP contribution < -0.4 is 4.74 Å². The van der Waals surface area contributed by atoms with E-state index in [1.165, 1.54) is 40.5 Å². The van der Waals surface area contributed by atoms with Gasteiger partial charge in [0.05, 0.1) is 23.4 Å². The first-order chi connectivity index (χ1) is 14.5. The summed E-state index contributed by atoms with van der Waals surface area (Å²) in [4.78, 5) is 21.0. The third-order valence-electron chi connectivity index (χ3n) is 4.66. The summed E-state index contributed by atoms with van der Waals surface area (Å²) in [6, 6.07) is 7.88.